The van der Waals surface area contributed by atoms with Crippen molar-refractivity contribution in [1.82, 2.24) is 9.62 Å². The fourth-order valence-corrected chi connectivity index (χ4v) is 3.19. The lowest BCUT2D eigenvalue weighted by Crippen LogP contribution is -2.26. The van der Waals surface area contributed by atoms with Gasteiger partial charge in [-0.05, 0) is 17.7 Å². The van der Waals surface area contributed by atoms with Gasteiger partial charge in [-0.15, -0.1) is 0 Å². The monoisotopic (exact) mass is 413 g/mol. The van der Waals surface area contributed by atoms with Crippen molar-refractivity contribution in [2.24, 2.45) is 0 Å². The Morgan fingerprint density at radius 3 is 2.46 bits per heavy atom. The fourth-order valence-electron chi connectivity index (χ4n) is 1.95. The number of nitrogens with one attached hydrogen (secondary N) is 1. The molecule has 0 unspecified atom stereocenters. The van der Waals surface area contributed by atoms with Gasteiger partial charge in [-0.3, -0.25) is 4.79 Å². The van der Waals surface area contributed by atoms with Crippen molar-refractivity contribution in [3.8, 4) is 6.07 Å². The summed E-state index contributed by atoms with van der Waals surface area (Å²) in [6.45, 7) is 0.134. The van der Waals surface area contributed by atoms with Crippen LogP contribution in [0.5, 0.6) is 0 Å². The maximum Gasteiger partial charge on any atom is 0.292 e. The molecule has 0 aliphatic rings. The van der Waals surface area contributed by atoms with Crippen LogP contribution in [0.25, 0.3) is 0 Å². The van der Waals surface area contributed by atoms with Gasteiger partial charge in [0.2, 0.25) is 5.09 Å². The number of hydrogen-bond acceptors (Lipinski definition) is 5. The van der Waals surface area contributed by atoms with Crippen molar-refractivity contribution >= 4 is 39.1 Å². The Morgan fingerprint density at radius 2 is 1.88 bits per heavy atom. The average molecular weight is 414 g/mol. The molecule has 1 N–H and O–H groups in total. The third-order valence-electron chi connectivity index (χ3n) is 3.26. The molecule has 0 spiro atoms. The van der Waals surface area contributed by atoms with Crippen molar-refractivity contribution in [1.29, 1.82) is 5.26 Å². The highest BCUT2D eigenvalue weighted by Crippen LogP contribution is 2.20. The number of halogens is 2. The van der Waals surface area contributed by atoms with Crippen molar-refractivity contribution < 1.29 is 17.6 Å². The Labute approximate surface area is 160 Å². The van der Waals surface area contributed by atoms with Gasteiger partial charge in [0.15, 0.2) is 11.5 Å². The molecule has 2 aromatic rings. The lowest BCUT2D eigenvalue weighted by Gasteiger charge is -2.15. The average Bonchev–Trinajstić information content (AvgIpc) is 3.11. The van der Waals surface area contributed by atoms with Gasteiger partial charge in [0.1, 0.15) is 10.6 Å². The van der Waals surface area contributed by atoms with Gasteiger partial charge in [-0.1, -0.05) is 53.5 Å². The van der Waals surface area contributed by atoms with Crippen LogP contribution < -0.4 is 5.32 Å². The van der Waals surface area contributed by atoms with E-state index in [1.807, 2.05) is 6.07 Å². The number of furan rings is 1. The fraction of sp³-hybridized carbons (Fsp3) is 0.125. The van der Waals surface area contributed by atoms with Crippen LogP contribution in [-0.4, -0.2) is 25.7 Å². The van der Waals surface area contributed by atoms with E-state index in [4.69, 9.17) is 32.9 Å². The maximum absolute atomic E-state index is 12.6. The summed E-state index contributed by atoms with van der Waals surface area (Å²) in [5.74, 6) is -1.16. The first-order valence-corrected chi connectivity index (χ1v) is 9.32. The molecule has 1 aromatic heterocycles. The first kappa shape index (κ1) is 20.0. The van der Waals surface area contributed by atoms with Gasteiger partial charge in [-0.25, -0.2) is 8.42 Å². The summed E-state index contributed by atoms with van der Waals surface area (Å²) in [5.41, 5.74) is 0.420. The molecule has 0 atom stereocenters. The number of hydrogen-bond donors (Lipinski definition) is 1. The zero-order valence-electron chi connectivity index (χ0n) is 13.4. The summed E-state index contributed by atoms with van der Waals surface area (Å²) in [4.78, 5) is 12.0. The number of rotatable bonds is 6. The zero-order valence-corrected chi connectivity index (χ0v) is 15.8. The number of carbonyl (C=O) groups excluding carboxylic acids is 1. The molecular formula is C16H13Cl2N3O4S. The minimum Gasteiger partial charge on any atom is -0.438 e. The van der Waals surface area contributed by atoms with Gasteiger partial charge in [0.25, 0.3) is 15.9 Å². The highest BCUT2D eigenvalue weighted by atomic mass is 35.5. The molecular weight excluding hydrogens is 401 g/mol. The Kier molecular flexibility index (Phi) is 6.45. The highest BCUT2D eigenvalue weighted by molar-refractivity contribution is 7.88. The van der Waals surface area contributed by atoms with Crippen molar-refractivity contribution in [3.63, 3.8) is 0 Å². The number of allylic oxidation sites excluding steroid dienone is 1. The first-order chi connectivity index (χ1) is 12.3. The molecule has 26 heavy (non-hydrogen) atoms. The second-order valence-electron chi connectivity index (χ2n) is 5.07. The Balaban J connectivity index is 2.18. The Bertz CT molecular complexity index is 974. The van der Waals surface area contributed by atoms with Crippen LogP contribution >= 0.6 is 23.2 Å². The van der Waals surface area contributed by atoms with E-state index >= 15 is 0 Å². The molecule has 0 aliphatic heterocycles. The molecule has 0 saturated carbocycles. The van der Waals surface area contributed by atoms with Crippen molar-refractivity contribution in [2.75, 3.05) is 7.05 Å². The molecule has 0 aliphatic carbocycles. The van der Waals surface area contributed by atoms with Gasteiger partial charge in [0, 0.05) is 13.6 Å². The molecule has 0 fully saturated rings. The van der Waals surface area contributed by atoms with Crippen molar-refractivity contribution in [2.45, 2.75) is 11.6 Å². The van der Waals surface area contributed by atoms with Crippen LogP contribution in [0, 0.1) is 11.3 Å². The number of sulfonamides is 1. The zero-order chi connectivity index (χ0) is 19.3. The van der Waals surface area contributed by atoms with Crippen LogP contribution in [0.1, 0.15) is 16.1 Å². The predicted molar refractivity (Wildman–Crippen MR) is 95.6 cm³/mol. The summed E-state index contributed by atoms with van der Waals surface area (Å²) < 4.78 is 30.9. The molecule has 0 radical (unpaired) electrons. The maximum atomic E-state index is 12.6. The second kappa shape index (κ2) is 8.38. The predicted octanol–water partition coefficient (Wildman–Crippen LogP) is 3.00. The van der Waals surface area contributed by atoms with E-state index < -0.39 is 25.5 Å². The largest absolute Gasteiger partial charge is 0.438 e. The summed E-state index contributed by atoms with van der Waals surface area (Å²) in [7, 11) is -2.55. The standard InChI is InChI=1S/C16H13Cl2N3O4S/c1-21(10-11-5-3-2-4-6-11)26(23,24)14-8-7-13(25-14)16(22)20-12(9-19)15(17)18/h2-8H,10H2,1H3,(H,20,22). The van der Waals surface area contributed by atoms with E-state index in [2.05, 4.69) is 5.32 Å². The molecule has 2 rings (SSSR count). The van der Waals surface area contributed by atoms with Crippen LogP contribution in [0.15, 0.2) is 62.2 Å². The number of benzene rings is 1. The first-order valence-electron chi connectivity index (χ1n) is 7.12. The third-order valence-corrected chi connectivity index (χ3v) is 5.31. The van der Waals surface area contributed by atoms with Gasteiger partial charge < -0.3 is 9.73 Å². The second-order valence-corrected chi connectivity index (χ2v) is 7.99. The molecule has 136 valence electrons. The lowest BCUT2D eigenvalue weighted by atomic mass is 10.2. The molecule has 1 heterocycles. The van der Waals surface area contributed by atoms with E-state index in [1.54, 1.807) is 30.3 Å². The summed E-state index contributed by atoms with van der Waals surface area (Å²) in [5, 5.41) is 10.5. The molecule has 7 nitrogen and oxygen atoms in total. The minimum absolute atomic E-state index is 0.134. The van der Waals surface area contributed by atoms with E-state index in [-0.39, 0.29) is 18.0 Å². The number of nitriles is 1. The quantitative estimate of drug-likeness (QED) is 0.732. The van der Waals surface area contributed by atoms with E-state index in [1.165, 1.54) is 13.1 Å². The number of amides is 1. The normalized spacial score (nSPS) is 11.0. The summed E-state index contributed by atoms with van der Waals surface area (Å²) >= 11 is 10.9. The topological polar surface area (TPSA) is 103 Å². The lowest BCUT2D eigenvalue weighted by molar-refractivity contribution is 0.0934. The van der Waals surface area contributed by atoms with E-state index in [0.29, 0.717) is 0 Å². The molecule has 0 bridgehead atoms. The molecule has 0 saturated heterocycles. The summed E-state index contributed by atoms with van der Waals surface area (Å²) in [6.07, 6.45) is 0. The SMILES string of the molecule is CN(Cc1ccccc1)S(=O)(=O)c1ccc(C(=O)NC(C#N)=C(Cl)Cl)o1. The van der Waals surface area contributed by atoms with E-state index in [0.717, 1.165) is 15.9 Å². The molecule has 1 amide bonds. The minimum atomic E-state index is -3.94. The van der Waals surface area contributed by atoms with Crippen LogP contribution in [0.4, 0.5) is 0 Å². The van der Waals surface area contributed by atoms with Crippen molar-refractivity contribution in [3.05, 3.63) is 64.0 Å². The molecule has 10 heteroatoms. The molecule has 1 aromatic carbocycles. The highest BCUT2D eigenvalue weighted by Gasteiger charge is 2.26. The van der Waals surface area contributed by atoms with Crippen LogP contribution in [0.2, 0.25) is 0 Å². The summed E-state index contributed by atoms with van der Waals surface area (Å²) in [6, 6.07) is 12.9. The number of carbonyl (C=O) groups is 1. The van der Waals surface area contributed by atoms with Crippen LogP contribution in [0.3, 0.4) is 0 Å². The van der Waals surface area contributed by atoms with Gasteiger partial charge in [0.05, 0.1) is 0 Å². The smallest absolute Gasteiger partial charge is 0.292 e. The Morgan fingerprint density at radius 1 is 1.23 bits per heavy atom. The number of nitrogens with zero attached hydrogens (tertiary/aromatic N) is 2. The third kappa shape index (κ3) is 4.65. The van der Waals surface area contributed by atoms with Crippen LogP contribution in [-0.2, 0) is 16.6 Å². The van der Waals surface area contributed by atoms with Gasteiger partial charge >= 0.3 is 0 Å². The van der Waals surface area contributed by atoms with E-state index in [9.17, 15) is 13.2 Å². The van der Waals surface area contributed by atoms with Gasteiger partial charge in [-0.2, -0.15) is 9.57 Å². The Hall–Kier alpha value is -2.31.